The third-order valence-electron chi connectivity index (χ3n) is 7.97. The molecule has 9 nitrogen and oxygen atoms in total. The highest BCUT2D eigenvalue weighted by atomic mass is 35.5. The van der Waals surface area contributed by atoms with Crippen LogP contribution in [0.5, 0.6) is 0 Å². The number of carbonyl (C=O) groups is 2. The van der Waals surface area contributed by atoms with Gasteiger partial charge in [-0.05, 0) is 72.5 Å². The van der Waals surface area contributed by atoms with E-state index in [1.165, 1.54) is 12.1 Å². The standard InChI is InChI=1S/C35H29Cl2FN4O5S/c1-2-48(45,42-34(44)46-21-23-6-4-3-5-7-23)27-14-8-22(9-15-27)18-30(43)39-26-19-28(36)31(29(37)20-26)35(16-17-35)33-40-32(47-41-33)24-10-12-25(38)13-11-24/h3-15,19-20H,2,16-18,21H2,1H3,(H,39,43). The number of hydrogen-bond acceptors (Lipinski definition) is 7. The maximum atomic E-state index is 13.5. The first-order valence-electron chi connectivity index (χ1n) is 15.0. The molecule has 0 saturated heterocycles. The molecular weight excluding hydrogens is 678 g/mol. The molecule has 1 aliphatic rings. The van der Waals surface area contributed by atoms with Crippen molar-refractivity contribution in [1.29, 1.82) is 0 Å². The van der Waals surface area contributed by atoms with Crippen LogP contribution in [-0.4, -0.2) is 32.1 Å². The molecule has 1 unspecified atom stereocenters. The summed E-state index contributed by atoms with van der Waals surface area (Å²) in [7, 11) is -3.07. The van der Waals surface area contributed by atoms with Gasteiger partial charge in [-0.15, -0.1) is 4.36 Å². The zero-order valence-electron chi connectivity index (χ0n) is 25.6. The lowest BCUT2D eigenvalue weighted by molar-refractivity contribution is -0.115. The van der Waals surface area contributed by atoms with Gasteiger partial charge in [-0.3, -0.25) is 4.79 Å². The largest absolute Gasteiger partial charge is 0.443 e. The van der Waals surface area contributed by atoms with Gasteiger partial charge >= 0.3 is 6.09 Å². The summed E-state index contributed by atoms with van der Waals surface area (Å²) in [5.74, 6) is 0.0965. The molecule has 6 rings (SSSR count). The molecule has 1 saturated carbocycles. The van der Waals surface area contributed by atoms with Crippen molar-refractivity contribution in [2.75, 3.05) is 11.1 Å². The number of aromatic nitrogens is 2. The van der Waals surface area contributed by atoms with Gasteiger partial charge in [0.25, 0.3) is 5.89 Å². The molecule has 4 aromatic carbocycles. The van der Waals surface area contributed by atoms with Gasteiger partial charge in [0.05, 0.1) is 21.6 Å². The van der Waals surface area contributed by atoms with Crippen molar-refractivity contribution < 1.29 is 27.4 Å². The van der Waals surface area contributed by atoms with E-state index in [4.69, 9.17) is 32.5 Å². The van der Waals surface area contributed by atoms with Gasteiger partial charge < -0.3 is 14.6 Å². The molecule has 2 amide bonds. The summed E-state index contributed by atoms with van der Waals surface area (Å²) in [6.07, 6.45) is 0.503. The van der Waals surface area contributed by atoms with E-state index in [0.717, 1.165) is 5.56 Å². The Morgan fingerprint density at radius 1 is 0.979 bits per heavy atom. The zero-order chi connectivity index (χ0) is 33.9. The second-order valence-electron chi connectivity index (χ2n) is 11.3. The van der Waals surface area contributed by atoms with Crippen molar-refractivity contribution in [1.82, 2.24) is 10.1 Å². The van der Waals surface area contributed by atoms with E-state index in [-0.39, 0.29) is 36.4 Å². The molecule has 0 spiro atoms. The average molecular weight is 708 g/mol. The van der Waals surface area contributed by atoms with Gasteiger partial charge in [0.15, 0.2) is 5.82 Å². The Bertz CT molecular complexity index is 2070. The van der Waals surface area contributed by atoms with E-state index < -0.39 is 21.2 Å². The molecule has 13 heteroatoms. The molecule has 5 aromatic rings. The van der Waals surface area contributed by atoms with E-state index in [1.54, 1.807) is 55.5 Å². The SMILES string of the molecule is CCS(=O)(=NC(=O)OCc1ccccc1)c1ccc(CC(=O)Nc2cc(Cl)c(C3(c4noc(-c5ccc(F)cc5)n4)CC3)c(Cl)c2)cc1. The summed E-state index contributed by atoms with van der Waals surface area (Å²) in [5, 5.41) is 7.68. The topological polar surface area (TPSA) is 124 Å². The molecule has 1 aromatic heterocycles. The number of carbonyl (C=O) groups excluding carboxylic acids is 2. The number of benzene rings is 4. The normalized spacial score (nSPS) is 14.5. The van der Waals surface area contributed by atoms with Gasteiger partial charge in [-0.2, -0.15) is 4.98 Å². The van der Waals surface area contributed by atoms with Crippen LogP contribution in [-0.2, 0) is 37.7 Å². The molecule has 48 heavy (non-hydrogen) atoms. The third-order valence-corrected chi connectivity index (χ3v) is 10.8. The Labute approximate surface area is 286 Å². The smallest absolute Gasteiger partial charge is 0.442 e. The quantitative estimate of drug-likeness (QED) is 0.154. The second-order valence-corrected chi connectivity index (χ2v) is 14.6. The Morgan fingerprint density at radius 3 is 2.27 bits per heavy atom. The Morgan fingerprint density at radius 2 is 1.65 bits per heavy atom. The lowest BCUT2D eigenvalue weighted by Gasteiger charge is -2.17. The van der Waals surface area contributed by atoms with Crippen molar-refractivity contribution in [3.05, 3.63) is 129 Å². The summed E-state index contributed by atoms with van der Waals surface area (Å²) in [5.41, 5.74) is 2.45. The van der Waals surface area contributed by atoms with Crippen LogP contribution >= 0.6 is 23.2 Å². The zero-order valence-corrected chi connectivity index (χ0v) is 27.9. The molecule has 0 bridgehead atoms. The van der Waals surface area contributed by atoms with E-state index in [0.29, 0.717) is 56.0 Å². The van der Waals surface area contributed by atoms with Gasteiger partial charge in [0.1, 0.15) is 12.4 Å². The highest BCUT2D eigenvalue weighted by molar-refractivity contribution is 7.93. The Hall–Kier alpha value is -4.58. The minimum atomic E-state index is -3.07. The lowest BCUT2D eigenvalue weighted by atomic mass is 9.94. The second kappa shape index (κ2) is 13.9. The van der Waals surface area contributed by atoms with E-state index in [1.807, 2.05) is 30.3 Å². The minimum absolute atomic E-state index is 0.0137. The van der Waals surface area contributed by atoms with E-state index in [9.17, 15) is 18.2 Å². The summed E-state index contributed by atoms with van der Waals surface area (Å²) in [6.45, 7) is 1.70. The molecule has 0 aliphatic heterocycles. The fourth-order valence-corrected chi connectivity index (χ4v) is 7.57. The van der Waals surface area contributed by atoms with Crippen LogP contribution in [0.25, 0.3) is 11.5 Å². The van der Waals surface area contributed by atoms with Crippen LogP contribution < -0.4 is 5.32 Å². The monoisotopic (exact) mass is 706 g/mol. The highest BCUT2D eigenvalue weighted by Crippen LogP contribution is 2.57. The fraction of sp³-hybridized carbons (Fsp3) is 0.200. The molecule has 1 fully saturated rings. The predicted molar refractivity (Wildman–Crippen MR) is 181 cm³/mol. The van der Waals surface area contributed by atoms with Crippen LogP contribution in [0.15, 0.2) is 105 Å². The average Bonchev–Trinajstić information content (AvgIpc) is 3.70. The summed E-state index contributed by atoms with van der Waals surface area (Å²) >= 11 is 13.4. The van der Waals surface area contributed by atoms with Crippen LogP contribution in [0, 0.1) is 5.82 Å². The lowest BCUT2D eigenvalue weighted by Crippen LogP contribution is -2.16. The number of nitrogens with one attached hydrogen (secondary N) is 1. The summed E-state index contributed by atoms with van der Waals surface area (Å²) in [4.78, 5) is 30.2. The predicted octanol–water partition coefficient (Wildman–Crippen LogP) is 8.63. The van der Waals surface area contributed by atoms with Crippen molar-refractivity contribution in [3.63, 3.8) is 0 Å². The first kappa shape index (κ1) is 33.3. The maximum Gasteiger partial charge on any atom is 0.442 e. The van der Waals surface area contributed by atoms with Gasteiger partial charge in [0.2, 0.25) is 5.91 Å². The molecule has 1 N–H and O–H groups in total. The maximum absolute atomic E-state index is 13.5. The van der Waals surface area contributed by atoms with E-state index >= 15 is 0 Å². The number of hydrogen-bond donors (Lipinski definition) is 1. The third kappa shape index (κ3) is 7.28. The number of anilines is 1. The van der Waals surface area contributed by atoms with Gasteiger partial charge in [0, 0.05) is 37.5 Å². The molecular formula is C35H29Cl2FN4O5S. The minimum Gasteiger partial charge on any atom is -0.443 e. The fourth-order valence-electron chi connectivity index (χ4n) is 5.30. The first-order valence-corrected chi connectivity index (χ1v) is 17.5. The Balaban J connectivity index is 1.11. The molecule has 0 radical (unpaired) electrons. The van der Waals surface area contributed by atoms with Gasteiger partial charge in [-0.1, -0.05) is 77.7 Å². The first-order chi connectivity index (χ1) is 23.1. The number of nitrogens with zero attached hydrogens (tertiary/aromatic N) is 3. The number of amides is 2. The number of ether oxygens (including phenoxy) is 1. The summed E-state index contributed by atoms with van der Waals surface area (Å²) in [6, 6.07) is 24.7. The van der Waals surface area contributed by atoms with Crippen LogP contribution in [0.2, 0.25) is 10.0 Å². The number of rotatable bonds is 10. The number of halogens is 3. The van der Waals surface area contributed by atoms with Crippen molar-refractivity contribution in [3.8, 4) is 11.5 Å². The van der Waals surface area contributed by atoms with Crippen molar-refractivity contribution in [2.24, 2.45) is 4.36 Å². The summed E-state index contributed by atoms with van der Waals surface area (Å²) < 4.78 is 41.4. The Kier molecular flexibility index (Phi) is 9.63. The molecule has 1 atom stereocenters. The molecule has 1 heterocycles. The molecule has 246 valence electrons. The molecule has 1 aliphatic carbocycles. The van der Waals surface area contributed by atoms with Crippen molar-refractivity contribution in [2.45, 2.75) is 43.1 Å². The van der Waals surface area contributed by atoms with Crippen LogP contribution in [0.4, 0.5) is 14.9 Å². The van der Waals surface area contributed by atoms with Crippen LogP contribution in [0.1, 0.15) is 42.3 Å². The van der Waals surface area contributed by atoms with Gasteiger partial charge in [-0.25, -0.2) is 13.4 Å². The van der Waals surface area contributed by atoms with E-state index in [2.05, 4.69) is 19.8 Å². The van der Waals surface area contributed by atoms with Crippen LogP contribution in [0.3, 0.4) is 0 Å². The van der Waals surface area contributed by atoms with Crippen molar-refractivity contribution >= 4 is 50.6 Å². The highest BCUT2D eigenvalue weighted by Gasteiger charge is 2.52.